The molecular formula is C32H25F2N5O4S. The van der Waals surface area contributed by atoms with Gasteiger partial charge in [-0.3, -0.25) is 19.1 Å². The number of pyridine rings is 2. The van der Waals surface area contributed by atoms with Crippen molar-refractivity contribution in [2.75, 3.05) is 11.9 Å². The van der Waals surface area contributed by atoms with Crippen LogP contribution >= 0.6 is 11.3 Å². The highest BCUT2D eigenvalue weighted by Crippen LogP contribution is 2.39. The second-order valence-corrected chi connectivity index (χ2v) is 10.6. The van der Waals surface area contributed by atoms with Gasteiger partial charge in [0.05, 0.1) is 39.4 Å². The van der Waals surface area contributed by atoms with Gasteiger partial charge in [-0.25, -0.2) is 13.8 Å². The van der Waals surface area contributed by atoms with Gasteiger partial charge in [-0.05, 0) is 50.2 Å². The number of amides is 1. The van der Waals surface area contributed by atoms with Crippen molar-refractivity contribution in [1.29, 1.82) is 0 Å². The number of anilines is 1. The lowest BCUT2D eigenvalue weighted by Crippen LogP contribution is -2.29. The molecule has 222 valence electrons. The van der Waals surface area contributed by atoms with Crippen molar-refractivity contribution < 1.29 is 23.0 Å². The topological polar surface area (TPSA) is 100 Å². The largest absolute Gasteiger partial charge is 0.493 e. The van der Waals surface area contributed by atoms with E-state index < -0.39 is 23.1 Å². The molecule has 4 heterocycles. The fourth-order valence-electron chi connectivity index (χ4n) is 4.60. The summed E-state index contributed by atoms with van der Waals surface area (Å²) in [6.45, 7) is 4.70. The number of imidazole rings is 1. The Bertz CT molecular complexity index is 2070. The number of hydrogen-bond acceptors (Lipinski definition) is 7. The molecule has 0 aliphatic rings. The van der Waals surface area contributed by atoms with Crippen molar-refractivity contribution in [2.45, 2.75) is 20.4 Å². The van der Waals surface area contributed by atoms with E-state index in [1.807, 2.05) is 23.8 Å². The number of para-hydroxylation sites is 1. The molecule has 12 heteroatoms. The van der Waals surface area contributed by atoms with Gasteiger partial charge >= 0.3 is 0 Å². The maximum absolute atomic E-state index is 15.3. The van der Waals surface area contributed by atoms with E-state index in [1.165, 1.54) is 53.9 Å². The second kappa shape index (κ2) is 12.1. The van der Waals surface area contributed by atoms with Crippen LogP contribution in [0.2, 0.25) is 0 Å². The minimum absolute atomic E-state index is 0.0153. The number of hydrogen-bond donors (Lipinski definition) is 1. The summed E-state index contributed by atoms with van der Waals surface area (Å²) in [5.74, 6) is -1.87. The van der Waals surface area contributed by atoms with Gasteiger partial charge in [0.1, 0.15) is 22.9 Å². The number of fused-ring (bicyclic) bond motifs is 1. The predicted molar refractivity (Wildman–Crippen MR) is 164 cm³/mol. The molecule has 0 aliphatic carbocycles. The summed E-state index contributed by atoms with van der Waals surface area (Å²) in [5, 5.41) is 2.54. The number of ether oxygens (including phenoxy) is 2. The number of halogens is 2. The molecule has 4 aromatic heterocycles. The monoisotopic (exact) mass is 613 g/mol. The molecule has 0 fully saturated rings. The first-order chi connectivity index (χ1) is 21.4. The molecule has 1 N–H and O–H groups in total. The lowest BCUT2D eigenvalue weighted by atomic mass is 10.2. The number of aryl methyl sites for hydroxylation is 1. The zero-order chi connectivity index (χ0) is 30.8. The number of aromatic nitrogens is 4. The normalized spacial score (nSPS) is 11.1. The molecule has 0 saturated heterocycles. The van der Waals surface area contributed by atoms with Crippen LogP contribution in [0.4, 0.5) is 14.5 Å². The number of carbonyl (C=O) groups is 1. The Balaban J connectivity index is 1.26. The summed E-state index contributed by atoms with van der Waals surface area (Å²) in [6.07, 6.45) is 6.61. The average molecular weight is 614 g/mol. The van der Waals surface area contributed by atoms with E-state index in [9.17, 15) is 14.0 Å². The highest BCUT2D eigenvalue weighted by Gasteiger charge is 2.22. The molecule has 0 atom stereocenters. The fraction of sp³-hybridized carbons (Fsp3) is 0.125. The number of nitrogens with zero attached hydrogens (tertiary/aromatic N) is 4. The standard InChI is InChI=1S/C32H25F2N5O4S/c1-3-38-17-23(36-18-38)28-16-22-30(44-28)27(11-13-35-22)43-25-10-9-19(15-21(25)34)37-31(40)29-26(42-4-2)12-14-39(32(29)41)24-8-6-5-7-20(24)33/h5-18H,3-4H2,1-2H3,(H,37,40). The first-order valence-electron chi connectivity index (χ1n) is 13.7. The summed E-state index contributed by atoms with van der Waals surface area (Å²) in [5.41, 5.74) is 0.395. The lowest BCUT2D eigenvalue weighted by molar-refractivity contribution is 0.102. The summed E-state index contributed by atoms with van der Waals surface area (Å²) in [7, 11) is 0. The van der Waals surface area contributed by atoms with Gasteiger partial charge in [-0.2, -0.15) is 0 Å². The van der Waals surface area contributed by atoms with Crippen molar-refractivity contribution in [1.82, 2.24) is 19.1 Å². The van der Waals surface area contributed by atoms with Gasteiger partial charge in [0.15, 0.2) is 11.6 Å². The summed E-state index contributed by atoms with van der Waals surface area (Å²) < 4.78 is 44.9. The molecule has 6 aromatic rings. The molecular weight excluding hydrogens is 588 g/mol. The zero-order valence-electron chi connectivity index (χ0n) is 23.6. The molecule has 0 bridgehead atoms. The SMILES string of the molecule is CCOc1ccn(-c2ccccc2F)c(=O)c1C(=O)Nc1ccc(Oc2ccnc3cc(-c4cn(CC)cn4)sc23)c(F)c1. The van der Waals surface area contributed by atoms with Crippen molar-refractivity contribution >= 4 is 33.1 Å². The van der Waals surface area contributed by atoms with E-state index in [-0.39, 0.29) is 35.0 Å². The first kappa shape index (κ1) is 28.7. The van der Waals surface area contributed by atoms with Gasteiger partial charge in [-0.1, -0.05) is 12.1 Å². The molecule has 0 spiro atoms. The van der Waals surface area contributed by atoms with Crippen LogP contribution in [-0.4, -0.2) is 31.6 Å². The van der Waals surface area contributed by atoms with Gasteiger partial charge < -0.3 is 19.4 Å². The maximum Gasteiger partial charge on any atom is 0.271 e. The van der Waals surface area contributed by atoms with Gasteiger partial charge in [0, 0.05) is 43.0 Å². The third kappa shape index (κ3) is 5.54. The van der Waals surface area contributed by atoms with Crippen LogP contribution in [0.1, 0.15) is 24.2 Å². The highest BCUT2D eigenvalue weighted by atomic mass is 32.1. The Kier molecular flexibility index (Phi) is 7.90. The lowest BCUT2D eigenvalue weighted by Gasteiger charge is -2.14. The van der Waals surface area contributed by atoms with Crippen molar-refractivity contribution in [3.05, 3.63) is 113 Å². The summed E-state index contributed by atoms with van der Waals surface area (Å²) in [6, 6.07) is 14.6. The molecule has 0 aliphatic heterocycles. The van der Waals surface area contributed by atoms with E-state index in [0.717, 1.165) is 32.4 Å². The summed E-state index contributed by atoms with van der Waals surface area (Å²) in [4.78, 5) is 36.4. The number of rotatable bonds is 9. The van der Waals surface area contributed by atoms with Crippen molar-refractivity contribution in [2.24, 2.45) is 0 Å². The van der Waals surface area contributed by atoms with E-state index in [4.69, 9.17) is 9.47 Å². The minimum atomic E-state index is -0.843. The maximum atomic E-state index is 15.3. The van der Waals surface area contributed by atoms with Crippen LogP contribution in [0.25, 0.3) is 26.5 Å². The van der Waals surface area contributed by atoms with E-state index in [1.54, 1.807) is 31.6 Å². The van der Waals surface area contributed by atoms with Gasteiger partial charge in [0.2, 0.25) is 0 Å². The molecule has 0 unspecified atom stereocenters. The number of thiophene rings is 1. The van der Waals surface area contributed by atoms with Crippen LogP contribution < -0.4 is 20.3 Å². The molecule has 44 heavy (non-hydrogen) atoms. The van der Waals surface area contributed by atoms with Gasteiger partial charge in [-0.15, -0.1) is 11.3 Å². The molecule has 0 radical (unpaired) electrons. The third-order valence-electron chi connectivity index (χ3n) is 6.73. The van der Waals surface area contributed by atoms with E-state index in [2.05, 4.69) is 15.3 Å². The Morgan fingerprint density at radius 2 is 1.82 bits per heavy atom. The Morgan fingerprint density at radius 3 is 2.57 bits per heavy atom. The Hall–Kier alpha value is -5.36. The molecule has 6 rings (SSSR count). The van der Waals surface area contributed by atoms with Crippen molar-refractivity contribution in [3.63, 3.8) is 0 Å². The van der Waals surface area contributed by atoms with Crippen LogP contribution in [0, 0.1) is 11.6 Å². The van der Waals surface area contributed by atoms with E-state index in [0.29, 0.717) is 11.3 Å². The Morgan fingerprint density at radius 1 is 0.977 bits per heavy atom. The van der Waals surface area contributed by atoms with Crippen LogP contribution in [0.3, 0.4) is 0 Å². The number of benzene rings is 2. The smallest absolute Gasteiger partial charge is 0.271 e. The third-order valence-corrected chi connectivity index (χ3v) is 7.89. The Labute approximate surface area is 254 Å². The minimum Gasteiger partial charge on any atom is -0.493 e. The number of carbonyl (C=O) groups excluding carboxylic acids is 1. The molecule has 9 nitrogen and oxygen atoms in total. The molecule has 0 saturated carbocycles. The zero-order valence-corrected chi connectivity index (χ0v) is 24.4. The molecule has 1 amide bonds. The highest BCUT2D eigenvalue weighted by molar-refractivity contribution is 7.22. The fourth-order valence-corrected chi connectivity index (χ4v) is 5.62. The van der Waals surface area contributed by atoms with Crippen LogP contribution in [0.15, 0.2) is 90.4 Å². The summed E-state index contributed by atoms with van der Waals surface area (Å²) >= 11 is 1.43. The quantitative estimate of drug-likeness (QED) is 0.188. The first-order valence-corrected chi connectivity index (χ1v) is 14.5. The van der Waals surface area contributed by atoms with Crippen LogP contribution in [0.5, 0.6) is 17.2 Å². The van der Waals surface area contributed by atoms with Crippen LogP contribution in [-0.2, 0) is 6.54 Å². The predicted octanol–water partition coefficient (Wildman–Crippen LogP) is 7.05. The second-order valence-electron chi connectivity index (χ2n) is 9.54. The number of nitrogens with one attached hydrogen (secondary N) is 1. The molecule has 2 aromatic carbocycles. The van der Waals surface area contributed by atoms with Crippen molar-refractivity contribution in [3.8, 4) is 33.5 Å². The van der Waals surface area contributed by atoms with Gasteiger partial charge in [0.25, 0.3) is 11.5 Å². The average Bonchev–Trinajstić information content (AvgIpc) is 3.67. The van der Waals surface area contributed by atoms with E-state index >= 15 is 4.39 Å².